The van der Waals surface area contributed by atoms with Gasteiger partial charge in [-0.25, -0.2) is 4.79 Å². The summed E-state index contributed by atoms with van der Waals surface area (Å²) in [5.74, 6) is -1.45. The molecule has 0 aliphatic rings. The van der Waals surface area contributed by atoms with Crippen molar-refractivity contribution in [1.82, 2.24) is 4.98 Å². The van der Waals surface area contributed by atoms with Crippen molar-refractivity contribution in [3.63, 3.8) is 0 Å². The maximum Gasteiger partial charge on any atom is 0.357 e. The number of aromatic carboxylic acids is 1. The van der Waals surface area contributed by atoms with Crippen molar-refractivity contribution >= 4 is 17.9 Å². The van der Waals surface area contributed by atoms with Crippen LogP contribution in [0.5, 0.6) is 0 Å². The minimum atomic E-state index is -1.18. The highest BCUT2D eigenvalue weighted by Gasteiger charge is 2.18. The molecule has 3 N–H and O–H groups in total. The summed E-state index contributed by atoms with van der Waals surface area (Å²) in [4.78, 5) is 26.8. The number of anilines is 1. The summed E-state index contributed by atoms with van der Waals surface area (Å²) >= 11 is 0. The third-order valence-electron chi connectivity index (χ3n) is 1.91. The van der Waals surface area contributed by atoms with E-state index in [1.807, 2.05) is 13.8 Å². The molecule has 0 bridgehead atoms. The number of oxazole rings is 1. The molecule has 1 aromatic rings. The third kappa shape index (κ3) is 3.78. The van der Waals surface area contributed by atoms with Crippen LogP contribution in [-0.4, -0.2) is 35.1 Å². The van der Waals surface area contributed by atoms with Gasteiger partial charge in [0.15, 0.2) is 5.69 Å². The second-order valence-electron chi connectivity index (χ2n) is 4.06. The lowest BCUT2D eigenvalue weighted by Gasteiger charge is -2.20. The van der Waals surface area contributed by atoms with E-state index in [4.69, 9.17) is 15.3 Å². The van der Waals surface area contributed by atoms with Crippen molar-refractivity contribution in [2.75, 3.05) is 18.0 Å². The molecule has 1 aromatic heterocycles. The summed E-state index contributed by atoms with van der Waals surface area (Å²) < 4.78 is 5.02. The number of nitrogens with zero attached hydrogens (tertiary/aromatic N) is 2. The number of hydrogen-bond acceptors (Lipinski definition) is 5. The van der Waals surface area contributed by atoms with Crippen LogP contribution in [0.4, 0.5) is 6.01 Å². The van der Waals surface area contributed by atoms with Crippen LogP contribution in [0.2, 0.25) is 0 Å². The van der Waals surface area contributed by atoms with E-state index >= 15 is 0 Å². The summed E-state index contributed by atoms with van der Waals surface area (Å²) in [6, 6.07) is 0.0925. The Labute approximate surface area is 98.2 Å². The van der Waals surface area contributed by atoms with Gasteiger partial charge >= 0.3 is 5.97 Å². The molecule has 1 rings (SSSR count). The molecular formula is C10H15N3O4. The summed E-state index contributed by atoms with van der Waals surface area (Å²) in [6.07, 6.45) is 1.03. The molecule has 1 amide bonds. The Bertz CT molecular complexity index is 413. The van der Waals surface area contributed by atoms with E-state index in [-0.39, 0.29) is 24.2 Å². The minimum Gasteiger partial charge on any atom is -0.476 e. The zero-order chi connectivity index (χ0) is 13.0. The molecular weight excluding hydrogens is 226 g/mol. The predicted molar refractivity (Wildman–Crippen MR) is 59.7 cm³/mol. The highest BCUT2D eigenvalue weighted by Crippen LogP contribution is 2.15. The molecule has 7 heteroatoms. The maximum absolute atomic E-state index is 10.9. The van der Waals surface area contributed by atoms with Crippen LogP contribution in [0.1, 0.15) is 24.3 Å². The molecule has 0 radical (unpaired) electrons. The molecule has 7 nitrogen and oxygen atoms in total. The van der Waals surface area contributed by atoms with Crippen LogP contribution in [0.15, 0.2) is 10.7 Å². The van der Waals surface area contributed by atoms with E-state index in [0.717, 1.165) is 6.26 Å². The van der Waals surface area contributed by atoms with E-state index in [9.17, 15) is 9.59 Å². The van der Waals surface area contributed by atoms with Crippen molar-refractivity contribution in [2.45, 2.75) is 13.8 Å². The first kappa shape index (κ1) is 13.0. The molecule has 0 unspecified atom stereocenters. The third-order valence-corrected chi connectivity index (χ3v) is 1.91. The Balaban J connectivity index is 2.87. The lowest BCUT2D eigenvalue weighted by Crippen LogP contribution is -2.36. The van der Waals surface area contributed by atoms with Gasteiger partial charge in [0.25, 0.3) is 6.01 Å². The number of rotatable bonds is 6. The topological polar surface area (TPSA) is 110 Å². The van der Waals surface area contributed by atoms with Crippen LogP contribution in [0, 0.1) is 5.92 Å². The van der Waals surface area contributed by atoms with Gasteiger partial charge in [-0.15, -0.1) is 0 Å². The van der Waals surface area contributed by atoms with Crippen molar-refractivity contribution in [3.8, 4) is 0 Å². The van der Waals surface area contributed by atoms with Crippen molar-refractivity contribution in [3.05, 3.63) is 12.0 Å². The smallest absolute Gasteiger partial charge is 0.357 e. The van der Waals surface area contributed by atoms with Gasteiger partial charge in [-0.1, -0.05) is 13.8 Å². The number of carbonyl (C=O) groups is 2. The molecule has 0 fully saturated rings. The highest BCUT2D eigenvalue weighted by atomic mass is 16.4. The molecule has 1 heterocycles. The van der Waals surface area contributed by atoms with E-state index in [1.165, 1.54) is 4.90 Å². The van der Waals surface area contributed by atoms with Gasteiger partial charge < -0.3 is 20.2 Å². The number of carboxylic acid groups (broad SMARTS) is 1. The molecule has 0 saturated heterocycles. The van der Waals surface area contributed by atoms with Gasteiger partial charge in [-0.3, -0.25) is 4.79 Å². The molecule has 94 valence electrons. The fourth-order valence-electron chi connectivity index (χ4n) is 1.35. The Morgan fingerprint density at radius 1 is 1.59 bits per heavy atom. The molecule has 0 aliphatic heterocycles. The number of aromatic nitrogens is 1. The number of amides is 1. The first-order valence-electron chi connectivity index (χ1n) is 5.12. The van der Waals surface area contributed by atoms with Gasteiger partial charge in [0.05, 0.1) is 0 Å². The van der Waals surface area contributed by atoms with Gasteiger partial charge in [-0.05, 0) is 5.92 Å². The first-order chi connectivity index (χ1) is 7.90. The molecule has 0 aliphatic carbocycles. The lowest BCUT2D eigenvalue weighted by molar-refractivity contribution is -0.116. The predicted octanol–water partition coefficient (Wildman–Crippen LogP) is 0.321. The van der Waals surface area contributed by atoms with Crippen molar-refractivity contribution in [2.24, 2.45) is 11.7 Å². The Morgan fingerprint density at radius 2 is 2.24 bits per heavy atom. The molecule has 17 heavy (non-hydrogen) atoms. The number of nitrogens with two attached hydrogens (primary N) is 1. The molecule has 0 aromatic carbocycles. The number of carboxylic acids is 1. The van der Waals surface area contributed by atoms with Crippen LogP contribution in [0.25, 0.3) is 0 Å². The maximum atomic E-state index is 10.9. The largest absolute Gasteiger partial charge is 0.476 e. The van der Waals surface area contributed by atoms with Gasteiger partial charge in [0.2, 0.25) is 5.91 Å². The minimum absolute atomic E-state index is 0.0578. The Morgan fingerprint density at radius 3 is 2.65 bits per heavy atom. The number of hydrogen-bond donors (Lipinski definition) is 2. The Kier molecular flexibility index (Phi) is 4.08. The fourth-order valence-corrected chi connectivity index (χ4v) is 1.35. The van der Waals surface area contributed by atoms with Gasteiger partial charge in [0, 0.05) is 6.54 Å². The monoisotopic (exact) mass is 241 g/mol. The summed E-state index contributed by atoms with van der Waals surface area (Å²) in [6.45, 7) is 4.35. The highest BCUT2D eigenvalue weighted by molar-refractivity contribution is 5.85. The van der Waals surface area contributed by atoms with Crippen molar-refractivity contribution < 1.29 is 19.1 Å². The normalized spacial score (nSPS) is 10.5. The summed E-state index contributed by atoms with van der Waals surface area (Å²) in [7, 11) is 0. The van der Waals surface area contributed by atoms with Crippen LogP contribution in [-0.2, 0) is 4.79 Å². The SMILES string of the molecule is CC(C)CN(CC(N)=O)c1nc(C(=O)O)co1. The fraction of sp³-hybridized carbons (Fsp3) is 0.500. The van der Waals surface area contributed by atoms with E-state index < -0.39 is 11.9 Å². The average molecular weight is 241 g/mol. The number of primary amides is 1. The number of carbonyl (C=O) groups excluding carboxylic acids is 1. The average Bonchev–Trinajstić information content (AvgIpc) is 2.63. The van der Waals surface area contributed by atoms with Gasteiger partial charge in [-0.2, -0.15) is 4.98 Å². The van der Waals surface area contributed by atoms with Crippen molar-refractivity contribution in [1.29, 1.82) is 0 Å². The van der Waals surface area contributed by atoms with E-state index in [1.54, 1.807) is 0 Å². The van der Waals surface area contributed by atoms with Crippen LogP contribution < -0.4 is 10.6 Å². The zero-order valence-corrected chi connectivity index (χ0v) is 9.71. The van der Waals surface area contributed by atoms with E-state index in [2.05, 4.69) is 4.98 Å². The Hall–Kier alpha value is -2.05. The van der Waals surface area contributed by atoms with Crippen LogP contribution >= 0.6 is 0 Å². The second kappa shape index (κ2) is 5.33. The van der Waals surface area contributed by atoms with Gasteiger partial charge in [0.1, 0.15) is 12.8 Å². The quantitative estimate of drug-likeness (QED) is 0.742. The summed E-state index contributed by atoms with van der Waals surface area (Å²) in [5.41, 5.74) is 4.91. The molecule has 0 saturated carbocycles. The molecule has 0 spiro atoms. The van der Waals surface area contributed by atoms with E-state index in [0.29, 0.717) is 6.54 Å². The van der Waals surface area contributed by atoms with Crippen LogP contribution in [0.3, 0.4) is 0 Å². The lowest BCUT2D eigenvalue weighted by atomic mass is 10.2. The first-order valence-corrected chi connectivity index (χ1v) is 5.12. The molecule has 0 atom stereocenters. The second-order valence-corrected chi connectivity index (χ2v) is 4.06. The standard InChI is InChI=1S/C10H15N3O4/c1-6(2)3-13(4-8(11)14)10-12-7(5-17-10)9(15)16/h5-6H,3-4H2,1-2H3,(H2,11,14)(H,15,16). The zero-order valence-electron chi connectivity index (χ0n) is 9.71. The summed E-state index contributed by atoms with van der Waals surface area (Å²) in [5, 5.41) is 8.71.